The number of nitrogens with zero attached hydrogens (tertiary/aromatic N) is 1. The molecule has 23 heavy (non-hydrogen) atoms. The van der Waals surface area contributed by atoms with E-state index in [1.54, 1.807) is 0 Å². The number of benzene rings is 1. The van der Waals surface area contributed by atoms with E-state index in [2.05, 4.69) is 0 Å². The number of nitro benzene ring substituents is 1. The smallest absolute Gasteiger partial charge is 0.346 e. The van der Waals surface area contributed by atoms with Gasteiger partial charge in [0.2, 0.25) is 0 Å². The summed E-state index contributed by atoms with van der Waals surface area (Å²) in [5.41, 5.74) is -0.734. The average Bonchev–Trinajstić information content (AvgIpc) is 2.55. The van der Waals surface area contributed by atoms with Gasteiger partial charge >= 0.3 is 5.97 Å². The number of hydrogen-bond acceptors (Lipinski definition) is 7. The molecule has 0 amide bonds. The van der Waals surface area contributed by atoms with E-state index in [0.717, 1.165) is 18.9 Å². The maximum Gasteiger partial charge on any atom is 0.346 e. The lowest BCUT2D eigenvalue weighted by molar-refractivity contribution is -0.385. The Morgan fingerprint density at radius 3 is 2.43 bits per heavy atom. The molecule has 1 aliphatic rings. The second kappa shape index (κ2) is 7.08. The van der Waals surface area contributed by atoms with Gasteiger partial charge in [0.05, 0.1) is 25.2 Å². The van der Waals surface area contributed by atoms with Gasteiger partial charge in [0.15, 0.2) is 23.4 Å². The molecule has 0 bridgehead atoms. The molecule has 0 unspecified atom stereocenters. The normalized spacial score (nSPS) is 17.5. The van der Waals surface area contributed by atoms with Crippen molar-refractivity contribution in [2.24, 2.45) is 0 Å². The van der Waals surface area contributed by atoms with Crippen molar-refractivity contribution in [3.8, 4) is 11.5 Å². The SMILES string of the molecule is COc1cc(C(=O)O[C@@H]2CCCCC2=O)c([N+](=O)[O-])cc1OC. The Labute approximate surface area is 132 Å². The number of carbonyl (C=O) groups is 2. The molecule has 1 atom stereocenters. The summed E-state index contributed by atoms with van der Waals surface area (Å²) in [5.74, 6) is -0.782. The summed E-state index contributed by atoms with van der Waals surface area (Å²) in [6, 6.07) is 2.28. The standard InChI is InChI=1S/C15H17NO7/c1-21-13-7-9(10(16(19)20)8-14(13)22-2)15(18)23-12-6-4-3-5-11(12)17/h7-8,12H,3-6H2,1-2H3/t12-/m1/s1. The van der Waals surface area contributed by atoms with Crippen molar-refractivity contribution in [1.82, 2.24) is 0 Å². The molecular weight excluding hydrogens is 306 g/mol. The van der Waals surface area contributed by atoms with Crippen LogP contribution in [-0.2, 0) is 9.53 Å². The zero-order valence-electron chi connectivity index (χ0n) is 12.9. The maximum atomic E-state index is 12.3. The molecule has 8 heteroatoms. The number of esters is 1. The average molecular weight is 323 g/mol. The molecule has 8 nitrogen and oxygen atoms in total. The molecule has 124 valence electrons. The molecule has 0 spiro atoms. The molecule has 1 aliphatic carbocycles. The maximum absolute atomic E-state index is 12.3. The van der Waals surface area contributed by atoms with Crippen LogP contribution in [0.1, 0.15) is 36.0 Å². The quantitative estimate of drug-likeness (QED) is 0.465. The first-order valence-corrected chi connectivity index (χ1v) is 7.12. The van der Waals surface area contributed by atoms with E-state index < -0.39 is 22.7 Å². The van der Waals surface area contributed by atoms with Gasteiger partial charge in [0, 0.05) is 12.5 Å². The largest absolute Gasteiger partial charge is 0.493 e. The highest BCUT2D eigenvalue weighted by Gasteiger charge is 2.31. The Hall–Kier alpha value is -2.64. The third-order valence-electron chi connectivity index (χ3n) is 3.67. The molecule has 1 aromatic carbocycles. The van der Waals surface area contributed by atoms with Crippen molar-refractivity contribution in [3.05, 3.63) is 27.8 Å². The second-order valence-corrected chi connectivity index (χ2v) is 5.09. The number of carbonyl (C=O) groups excluding carboxylic acids is 2. The third kappa shape index (κ3) is 3.58. The molecule has 0 N–H and O–H groups in total. The number of hydrogen-bond donors (Lipinski definition) is 0. The van der Waals surface area contributed by atoms with E-state index in [-0.39, 0.29) is 22.8 Å². The van der Waals surface area contributed by atoms with Crippen LogP contribution in [0.15, 0.2) is 12.1 Å². The minimum absolute atomic E-state index is 0.129. The van der Waals surface area contributed by atoms with Crippen molar-refractivity contribution in [2.45, 2.75) is 31.8 Å². The fraction of sp³-hybridized carbons (Fsp3) is 0.467. The van der Waals surface area contributed by atoms with Crippen LogP contribution in [-0.4, -0.2) is 37.0 Å². The van der Waals surface area contributed by atoms with Gasteiger partial charge in [-0.3, -0.25) is 14.9 Å². The zero-order valence-corrected chi connectivity index (χ0v) is 12.9. The van der Waals surface area contributed by atoms with Gasteiger partial charge in [-0.1, -0.05) is 0 Å². The van der Waals surface area contributed by atoms with Crippen LogP contribution in [0.3, 0.4) is 0 Å². The third-order valence-corrected chi connectivity index (χ3v) is 3.67. The lowest BCUT2D eigenvalue weighted by atomic mass is 9.96. The molecule has 1 saturated carbocycles. The molecular formula is C15H17NO7. The second-order valence-electron chi connectivity index (χ2n) is 5.09. The molecule has 1 aromatic rings. The number of rotatable bonds is 5. The highest BCUT2D eigenvalue weighted by atomic mass is 16.6. The van der Waals surface area contributed by atoms with Gasteiger partial charge in [0.25, 0.3) is 5.69 Å². The van der Waals surface area contributed by atoms with Crippen LogP contribution >= 0.6 is 0 Å². The van der Waals surface area contributed by atoms with Gasteiger partial charge < -0.3 is 14.2 Å². The zero-order chi connectivity index (χ0) is 17.0. The number of Topliss-reactive ketones (excluding diaryl/α,β-unsaturated/α-hetero) is 1. The summed E-state index contributed by atoms with van der Waals surface area (Å²) in [6.45, 7) is 0. The number of ether oxygens (including phenoxy) is 3. The van der Waals surface area contributed by atoms with E-state index in [1.807, 2.05) is 0 Å². The van der Waals surface area contributed by atoms with Crippen molar-refractivity contribution in [1.29, 1.82) is 0 Å². The molecule has 0 saturated heterocycles. The summed E-state index contributed by atoms with van der Waals surface area (Å²) in [4.78, 5) is 34.5. The predicted octanol–water partition coefficient (Wildman–Crippen LogP) is 2.28. The summed E-state index contributed by atoms with van der Waals surface area (Å²) < 4.78 is 15.2. The summed E-state index contributed by atoms with van der Waals surface area (Å²) in [5, 5.41) is 11.2. The summed E-state index contributed by atoms with van der Waals surface area (Å²) in [7, 11) is 2.68. The van der Waals surface area contributed by atoms with Gasteiger partial charge in [-0.2, -0.15) is 0 Å². The topological polar surface area (TPSA) is 105 Å². The lowest BCUT2D eigenvalue weighted by Crippen LogP contribution is -2.30. The van der Waals surface area contributed by atoms with Crippen molar-refractivity contribution in [2.75, 3.05) is 14.2 Å². The van der Waals surface area contributed by atoms with E-state index in [9.17, 15) is 19.7 Å². The Balaban J connectivity index is 2.34. The van der Waals surface area contributed by atoms with Crippen LogP contribution in [0.2, 0.25) is 0 Å². The molecule has 2 rings (SSSR count). The highest BCUT2D eigenvalue weighted by Crippen LogP contribution is 2.35. The summed E-state index contributed by atoms with van der Waals surface area (Å²) in [6.07, 6.45) is 1.49. The molecule has 1 fully saturated rings. The van der Waals surface area contributed by atoms with Gasteiger partial charge in [0.1, 0.15) is 5.56 Å². The predicted molar refractivity (Wildman–Crippen MR) is 78.9 cm³/mol. The van der Waals surface area contributed by atoms with Crippen LogP contribution < -0.4 is 9.47 Å². The highest BCUT2D eigenvalue weighted by molar-refractivity contribution is 5.97. The first-order valence-electron chi connectivity index (χ1n) is 7.12. The Kier molecular flexibility index (Phi) is 5.15. The van der Waals surface area contributed by atoms with Crippen LogP contribution in [0, 0.1) is 10.1 Å². The fourth-order valence-corrected chi connectivity index (χ4v) is 2.45. The molecule has 0 aromatic heterocycles. The molecule has 0 radical (unpaired) electrons. The molecule has 0 aliphatic heterocycles. The number of methoxy groups -OCH3 is 2. The minimum atomic E-state index is -0.919. The Bertz CT molecular complexity index is 641. The Morgan fingerprint density at radius 2 is 1.87 bits per heavy atom. The number of nitro groups is 1. The van der Waals surface area contributed by atoms with E-state index >= 15 is 0 Å². The van der Waals surface area contributed by atoms with Crippen molar-refractivity contribution >= 4 is 17.4 Å². The molecule has 0 heterocycles. The minimum Gasteiger partial charge on any atom is -0.493 e. The van der Waals surface area contributed by atoms with Gasteiger partial charge in [-0.25, -0.2) is 4.79 Å². The van der Waals surface area contributed by atoms with Crippen molar-refractivity contribution < 1.29 is 28.7 Å². The monoisotopic (exact) mass is 323 g/mol. The van der Waals surface area contributed by atoms with Crippen molar-refractivity contribution in [3.63, 3.8) is 0 Å². The van der Waals surface area contributed by atoms with Crippen LogP contribution in [0.4, 0.5) is 5.69 Å². The first-order chi connectivity index (χ1) is 11.0. The van der Waals surface area contributed by atoms with E-state index in [1.165, 1.54) is 20.3 Å². The fourth-order valence-electron chi connectivity index (χ4n) is 2.45. The Morgan fingerprint density at radius 1 is 1.22 bits per heavy atom. The first kappa shape index (κ1) is 16.7. The lowest BCUT2D eigenvalue weighted by Gasteiger charge is -2.20. The van der Waals surface area contributed by atoms with E-state index in [4.69, 9.17) is 14.2 Å². The van der Waals surface area contributed by atoms with E-state index in [0.29, 0.717) is 12.8 Å². The van der Waals surface area contributed by atoms with Crippen LogP contribution in [0.5, 0.6) is 11.5 Å². The summed E-state index contributed by atoms with van der Waals surface area (Å²) >= 11 is 0. The van der Waals surface area contributed by atoms with Gasteiger partial charge in [-0.15, -0.1) is 0 Å². The number of ketones is 1. The van der Waals surface area contributed by atoms with Gasteiger partial charge in [-0.05, 0) is 19.3 Å². The van der Waals surface area contributed by atoms with Crippen LogP contribution in [0.25, 0.3) is 0 Å².